The Morgan fingerprint density at radius 3 is 1.00 bits per heavy atom. The Bertz CT molecular complexity index is 657. The van der Waals surface area contributed by atoms with E-state index in [9.17, 15) is 29.7 Å². The maximum absolute atomic E-state index is 11.8. The molecular weight excluding hydrogens is 506 g/mol. The molecule has 0 rings (SSSR count). The van der Waals surface area contributed by atoms with E-state index in [2.05, 4.69) is 6.92 Å². The molecular formula is C33H62NO6+. The summed E-state index contributed by atoms with van der Waals surface area (Å²) in [4.78, 5) is 35.4. The third-order valence-corrected chi connectivity index (χ3v) is 8.67. The summed E-state index contributed by atoms with van der Waals surface area (Å²) in [5.74, 6) is -3.65. The molecule has 234 valence electrons. The Morgan fingerprint density at radius 1 is 0.500 bits per heavy atom. The summed E-state index contributed by atoms with van der Waals surface area (Å²) < 4.78 is -0.654. The van der Waals surface area contributed by atoms with Crippen LogP contribution in [0.3, 0.4) is 0 Å². The lowest BCUT2D eigenvalue weighted by molar-refractivity contribution is -0.922. The SMILES string of the molecule is CCCCCCCCCCCCCCCCCCCCCC/C=C/[N+](C(C)C(=O)O)(C(C)C(=O)O)C(C)C(=O)O. The fourth-order valence-electron chi connectivity index (χ4n) is 5.74. The van der Waals surface area contributed by atoms with Crippen LogP contribution in [0.2, 0.25) is 0 Å². The molecule has 0 saturated carbocycles. The van der Waals surface area contributed by atoms with Crippen molar-refractivity contribution in [1.29, 1.82) is 0 Å². The van der Waals surface area contributed by atoms with Crippen LogP contribution in [0, 0.1) is 0 Å². The van der Waals surface area contributed by atoms with E-state index in [0.717, 1.165) is 19.3 Å². The number of nitrogens with zero attached hydrogens (tertiary/aromatic N) is 1. The molecule has 0 heterocycles. The predicted octanol–water partition coefficient (Wildman–Crippen LogP) is 8.95. The van der Waals surface area contributed by atoms with Crippen molar-refractivity contribution in [3.05, 3.63) is 12.3 Å². The number of carboxylic acids is 3. The number of carboxylic acid groups (broad SMARTS) is 3. The Hall–Kier alpha value is -1.89. The van der Waals surface area contributed by atoms with E-state index in [0.29, 0.717) is 6.42 Å². The summed E-state index contributed by atoms with van der Waals surface area (Å²) in [5.41, 5.74) is 0. The van der Waals surface area contributed by atoms with Crippen LogP contribution in [0.5, 0.6) is 0 Å². The van der Waals surface area contributed by atoms with Gasteiger partial charge >= 0.3 is 17.9 Å². The number of allylic oxidation sites excluding steroid dienone is 1. The number of rotatable bonds is 28. The zero-order chi connectivity index (χ0) is 30.2. The molecule has 0 radical (unpaired) electrons. The zero-order valence-electron chi connectivity index (χ0n) is 26.2. The molecule has 0 aliphatic rings. The molecule has 0 fully saturated rings. The minimum absolute atomic E-state index is 0.654. The van der Waals surface area contributed by atoms with Crippen molar-refractivity contribution < 1.29 is 34.2 Å². The second kappa shape index (κ2) is 23.8. The van der Waals surface area contributed by atoms with Crippen LogP contribution in [0.25, 0.3) is 0 Å². The molecule has 0 aromatic heterocycles. The molecule has 3 atom stereocenters. The van der Waals surface area contributed by atoms with Crippen molar-refractivity contribution in [2.45, 2.75) is 181 Å². The number of unbranched alkanes of at least 4 members (excludes halogenated alkanes) is 20. The van der Waals surface area contributed by atoms with Crippen molar-refractivity contribution in [3.8, 4) is 0 Å². The van der Waals surface area contributed by atoms with Crippen molar-refractivity contribution in [2.75, 3.05) is 0 Å². The summed E-state index contributed by atoms with van der Waals surface area (Å²) in [6.45, 7) is 6.41. The van der Waals surface area contributed by atoms with Crippen LogP contribution in [-0.2, 0) is 14.4 Å². The highest BCUT2D eigenvalue weighted by Crippen LogP contribution is 2.27. The van der Waals surface area contributed by atoms with Crippen LogP contribution in [0.4, 0.5) is 0 Å². The monoisotopic (exact) mass is 568 g/mol. The van der Waals surface area contributed by atoms with Gasteiger partial charge in [0.05, 0.1) is 6.20 Å². The van der Waals surface area contributed by atoms with Gasteiger partial charge in [-0.2, -0.15) is 0 Å². The lowest BCUT2D eigenvalue weighted by Crippen LogP contribution is -2.67. The number of quaternary nitrogens is 1. The molecule has 0 aromatic rings. The summed E-state index contributed by atoms with van der Waals surface area (Å²) in [7, 11) is 0. The van der Waals surface area contributed by atoms with Gasteiger partial charge in [-0.3, -0.25) is 4.48 Å². The third kappa shape index (κ3) is 15.8. The highest BCUT2D eigenvalue weighted by atomic mass is 16.4. The molecule has 7 heteroatoms. The Kier molecular flexibility index (Phi) is 22.7. The van der Waals surface area contributed by atoms with Crippen LogP contribution in [0.15, 0.2) is 12.3 Å². The number of hydrogen-bond donors (Lipinski definition) is 3. The minimum atomic E-state index is -1.22. The number of carbonyl (C=O) groups is 3. The largest absolute Gasteiger partial charge is 0.477 e. The average Bonchev–Trinajstić information content (AvgIpc) is 2.92. The van der Waals surface area contributed by atoms with E-state index >= 15 is 0 Å². The Balaban J connectivity index is 4.03. The van der Waals surface area contributed by atoms with E-state index in [1.54, 1.807) is 6.08 Å². The van der Waals surface area contributed by atoms with Gasteiger partial charge in [-0.1, -0.05) is 129 Å². The quantitative estimate of drug-likeness (QED) is 0.0641. The van der Waals surface area contributed by atoms with E-state index < -0.39 is 40.5 Å². The molecule has 0 spiro atoms. The zero-order valence-corrected chi connectivity index (χ0v) is 26.2. The topological polar surface area (TPSA) is 112 Å². The summed E-state index contributed by atoms with van der Waals surface area (Å²) in [6.07, 6.45) is 30.3. The van der Waals surface area contributed by atoms with Gasteiger partial charge in [-0.25, -0.2) is 14.4 Å². The lowest BCUT2D eigenvalue weighted by atomic mass is 10.0. The van der Waals surface area contributed by atoms with Crippen LogP contribution < -0.4 is 0 Å². The molecule has 0 aromatic carbocycles. The first-order chi connectivity index (χ1) is 19.1. The van der Waals surface area contributed by atoms with Gasteiger partial charge in [-0.15, -0.1) is 0 Å². The number of hydrogen-bond acceptors (Lipinski definition) is 3. The summed E-state index contributed by atoms with van der Waals surface area (Å²) in [6, 6.07) is -3.62. The van der Waals surface area contributed by atoms with Crippen molar-refractivity contribution in [2.24, 2.45) is 0 Å². The number of aliphatic carboxylic acids is 3. The van der Waals surface area contributed by atoms with Crippen molar-refractivity contribution >= 4 is 17.9 Å². The van der Waals surface area contributed by atoms with Gasteiger partial charge in [0, 0.05) is 0 Å². The molecule has 0 saturated heterocycles. The second-order valence-electron chi connectivity index (χ2n) is 11.8. The second-order valence-corrected chi connectivity index (χ2v) is 11.8. The molecule has 3 N–H and O–H groups in total. The summed E-state index contributed by atoms with van der Waals surface area (Å²) >= 11 is 0. The first-order valence-electron chi connectivity index (χ1n) is 16.4. The standard InChI is InChI=1S/C33H61NO6/c1-5-6-7-8-9-10-11-12-13-14-15-16-17-18-19-20-21-22-23-24-25-26-27-34(28(2)31(35)36,29(3)32(37)38)30(4)33(39)40/h26-30H,5-25H2,1-4H3,(H2-,35,36,37,38,39,40)/p+1/b27-26+. The fourth-order valence-corrected chi connectivity index (χ4v) is 5.74. The third-order valence-electron chi connectivity index (χ3n) is 8.67. The minimum Gasteiger partial charge on any atom is -0.477 e. The molecule has 0 aliphatic heterocycles. The maximum Gasteiger partial charge on any atom is 0.362 e. The van der Waals surface area contributed by atoms with E-state index in [1.807, 2.05) is 0 Å². The highest BCUT2D eigenvalue weighted by Gasteiger charge is 2.51. The van der Waals surface area contributed by atoms with Crippen LogP contribution in [-0.4, -0.2) is 55.8 Å². The van der Waals surface area contributed by atoms with Crippen molar-refractivity contribution in [3.63, 3.8) is 0 Å². The van der Waals surface area contributed by atoms with Gasteiger partial charge in [0.25, 0.3) is 0 Å². The normalized spacial score (nSPS) is 15.5. The Labute approximate surface area is 245 Å². The van der Waals surface area contributed by atoms with Gasteiger partial charge in [0.2, 0.25) is 0 Å². The van der Waals surface area contributed by atoms with Crippen LogP contribution in [0.1, 0.15) is 163 Å². The average molecular weight is 569 g/mol. The van der Waals surface area contributed by atoms with Gasteiger partial charge in [-0.05, 0) is 39.7 Å². The van der Waals surface area contributed by atoms with E-state index in [4.69, 9.17) is 0 Å². The van der Waals surface area contributed by atoms with Crippen LogP contribution >= 0.6 is 0 Å². The molecule has 0 amide bonds. The summed E-state index contributed by atoms with van der Waals surface area (Å²) in [5, 5.41) is 28.9. The first-order valence-corrected chi connectivity index (χ1v) is 16.4. The maximum atomic E-state index is 11.8. The molecule has 0 aliphatic carbocycles. The first kappa shape index (κ1) is 38.1. The Morgan fingerprint density at radius 2 is 0.750 bits per heavy atom. The fraction of sp³-hybridized carbons (Fsp3) is 0.848. The van der Waals surface area contributed by atoms with Gasteiger partial charge < -0.3 is 15.3 Å². The van der Waals surface area contributed by atoms with Crippen molar-refractivity contribution in [1.82, 2.24) is 0 Å². The highest BCUT2D eigenvalue weighted by molar-refractivity contribution is 5.77. The molecule has 0 bridgehead atoms. The smallest absolute Gasteiger partial charge is 0.362 e. The molecule has 7 nitrogen and oxygen atoms in total. The lowest BCUT2D eigenvalue weighted by Gasteiger charge is -2.44. The molecule has 3 unspecified atom stereocenters. The predicted molar refractivity (Wildman–Crippen MR) is 163 cm³/mol. The van der Waals surface area contributed by atoms with Gasteiger partial charge in [0.1, 0.15) is 0 Å². The van der Waals surface area contributed by atoms with E-state index in [-0.39, 0.29) is 0 Å². The van der Waals surface area contributed by atoms with E-state index in [1.165, 1.54) is 136 Å². The molecule has 40 heavy (non-hydrogen) atoms. The van der Waals surface area contributed by atoms with Gasteiger partial charge in [0.15, 0.2) is 18.1 Å².